The molecule has 1 aromatic carbocycles. The van der Waals surface area contributed by atoms with Gasteiger partial charge in [0.05, 0.1) is 0 Å². The second-order valence-corrected chi connectivity index (χ2v) is 5.04. The molecule has 0 radical (unpaired) electrons. The predicted octanol–water partition coefficient (Wildman–Crippen LogP) is 2.66. The number of rotatable bonds is 3. The highest BCUT2D eigenvalue weighted by Crippen LogP contribution is 2.23. The summed E-state index contributed by atoms with van der Waals surface area (Å²) in [5.41, 5.74) is 7.75. The minimum atomic E-state index is -0.0395. The lowest BCUT2D eigenvalue weighted by Crippen LogP contribution is -2.20. The Labute approximate surface area is 106 Å². The molecule has 2 rings (SSSR count). The van der Waals surface area contributed by atoms with Crippen LogP contribution in [-0.4, -0.2) is 11.8 Å². The van der Waals surface area contributed by atoms with Crippen LogP contribution in [0.4, 0.5) is 0 Å². The highest BCUT2D eigenvalue weighted by atomic mass is 35.5. The lowest BCUT2D eigenvalue weighted by Gasteiger charge is -2.09. The van der Waals surface area contributed by atoms with Crippen LogP contribution in [0.3, 0.4) is 0 Å². The van der Waals surface area contributed by atoms with Crippen molar-refractivity contribution in [3.8, 4) is 0 Å². The van der Waals surface area contributed by atoms with Crippen LogP contribution in [0.15, 0.2) is 30.4 Å². The quantitative estimate of drug-likeness (QED) is 0.837. The zero-order chi connectivity index (χ0) is 12.4. The van der Waals surface area contributed by atoms with Gasteiger partial charge in [0.15, 0.2) is 0 Å². The number of benzene rings is 1. The lowest BCUT2D eigenvalue weighted by molar-refractivity contribution is -0.120. The molecule has 1 aromatic rings. The average Bonchev–Trinajstić information content (AvgIpc) is 2.69. The van der Waals surface area contributed by atoms with Gasteiger partial charge in [0.1, 0.15) is 5.78 Å². The first-order valence-electron chi connectivity index (χ1n) is 5.78. The van der Waals surface area contributed by atoms with Crippen LogP contribution in [0.1, 0.15) is 17.5 Å². The fourth-order valence-electron chi connectivity index (χ4n) is 2.08. The van der Waals surface area contributed by atoms with Crippen molar-refractivity contribution in [2.24, 2.45) is 11.7 Å². The Balaban J connectivity index is 2.06. The van der Waals surface area contributed by atoms with Crippen molar-refractivity contribution in [2.45, 2.75) is 25.8 Å². The Kier molecular flexibility index (Phi) is 3.65. The maximum Gasteiger partial charge on any atom is 0.144 e. The number of carbonyl (C=O) groups excluding carboxylic acids is 1. The zero-order valence-corrected chi connectivity index (χ0v) is 10.6. The third kappa shape index (κ3) is 2.96. The van der Waals surface area contributed by atoms with Gasteiger partial charge in [0, 0.05) is 23.4 Å². The van der Waals surface area contributed by atoms with E-state index < -0.39 is 0 Å². The van der Waals surface area contributed by atoms with Gasteiger partial charge in [0.25, 0.3) is 0 Å². The molecule has 0 aliphatic heterocycles. The van der Waals surface area contributed by atoms with Gasteiger partial charge in [-0.3, -0.25) is 4.79 Å². The smallest absolute Gasteiger partial charge is 0.144 e. The molecule has 2 N–H and O–H groups in total. The number of Topliss-reactive ketones (excluding diaryl/α,β-unsaturated/α-hetero) is 1. The monoisotopic (exact) mass is 249 g/mol. The first kappa shape index (κ1) is 12.3. The maximum absolute atomic E-state index is 12.0. The van der Waals surface area contributed by atoms with Crippen molar-refractivity contribution < 1.29 is 4.79 Å². The molecule has 1 aliphatic carbocycles. The maximum atomic E-state index is 12.0. The van der Waals surface area contributed by atoms with E-state index in [1.807, 2.05) is 37.3 Å². The number of nitrogens with two attached hydrogens (primary N) is 1. The van der Waals surface area contributed by atoms with Gasteiger partial charge in [-0.2, -0.15) is 0 Å². The van der Waals surface area contributed by atoms with Gasteiger partial charge >= 0.3 is 0 Å². The molecule has 0 bridgehead atoms. The van der Waals surface area contributed by atoms with Crippen LogP contribution in [0.25, 0.3) is 0 Å². The summed E-state index contributed by atoms with van der Waals surface area (Å²) < 4.78 is 0. The number of hydrogen-bond acceptors (Lipinski definition) is 2. The molecule has 0 aromatic heterocycles. The van der Waals surface area contributed by atoms with Crippen LogP contribution in [0.2, 0.25) is 5.02 Å². The van der Waals surface area contributed by atoms with Crippen LogP contribution in [0, 0.1) is 12.8 Å². The topological polar surface area (TPSA) is 43.1 Å². The second kappa shape index (κ2) is 5.03. The number of hydrogen-bond donors (Lipinski definition) is 1. The molecular formula is C14H16ClNO. The Morgan fingerprint density at radius 1 is 1.47 bits per heavy atom. The van der Waals surface area contributed by atoms with Crippen molar-refractivity contribution in [3.05, 3.63) is 46.5 Å². The Hall–Kier alpha value is -1.12. The van der Waals surface area contributed by atoms with E-state index in [2.05, 4.69) is 0 Å². The van der Waals surface area contributed by atoms with Gasteiger partial charge in [0.2, 0.25) is 0 Å². The summed E-state index contributed by atoms with van der Waals surface area (Å²) in [6.07, 6.45) is 4.93. The molecule has 0 amide bonds. The van der Waals surface area contributed by atoms with Gasteiger partial charge in [-0.15, -0.1) is 0 Å². The summed E-state index contributed by atoms with van der Waals surface area (Å²) in [5, 5.41) is 0.671. The molecule has 0 saturated heterocycles. The first-order valence-corrected chi connectivity index (χ1v) is 6.15. The molecule has 2 atom stereocenters. The van der Waals surface area contributed by atoms with E-state index in [0.717, 1.165) is 17.5 Å². The molecule has 17 heavy (non-hydrogen) atoms. The first-order chi connectivity index (χ1) is 8.06. The van der Waals surface area contributed by atoms with Crippen molar-refractivity contribution in [1.29, 1.82) is 0 Å². The van der Waals surface area contributed by atoms with E-state index in [1.165, 1.54) is 0 Å². The second-order valence-electron chi connectivity index (χ2n) is 4.63. The lowest BCUT2D eigenvalue weighted by atomic mass is 9.96. The predicted molar refractivity (Wildman–Crippen MR) is 70.1 cm³/mol. The van der Waals surface area contributed by atoms with Gasteiger partial charge in [-0.05, 0) is 30.5 Å². The van der Waals surface area contributed by atoms with E-state index in [9.17, 15) is 4.79 Å². The molecule has 0 fully saturated rings. The molecular weight excluding hydrogens is 234 g/mol. The Morgan fingerprint density at radius 2 is 2.24 bits per heavy atom. The van der Waals surface area contributed by atoms with Crippen LogP contribution >= 0.6 is 11.6 Å². The molecule has 0 heterocycles. The fraction of sp³-hybridized carbons (Fsp3) is 0.357. The Morgan fingerprint density at radius 3 is 2.82 bits per heavy atom. The summed E-state index contributed by atoms with van der Waals surface area (Å²) in [6, 6.07) is 5.82. The van der Waals surface area contributed by atoms with Crippen LogP contribution < -0.4 is 5.73 Å². The fourth-order valence-corrected chi connectivity index (χ4v) is 2.38. The number of aryl methyl sites for hydroxylation is 1. The third-order valence-corrected chi connectivity index (χ3v) is 3.46. The minimum Gasteiger partial charge on any atom is -0.324 e. The third-order valence-electron chi connectivity index (χ3n) is 3.10. The highest BCUT2D eigenvalue weighted by molar-refractivity contribution is 6.31. The van der Waals surface area contributed by atoms with Crippen molar-refractivity contribution in [3.63, 3.8) is 0 Å². The molecule has 0 spiro atoms. The molecule has 1 aliphatic rings. The molecule has 3 heteroatoms. The summed E-state index contributed by atoms with van der Waals surface area (Å²) >= 11 is 6.11. The summed E-state index contributed by atoms with van der Waals surface area (Å²) in [7, 11) is 0. The van der Waals surface area contributed by atoms with E-state index >= 15 is 0 Å². The van der Waals surface area contributed by atoms with Crippen LogP contribution in [0.5, 0.6) is 0 Å². The number of halogens is 1. The van der Waals surface area contributed by atoms with E-state index in [1.54, 1.807) is 0 Å². The number of ketones is 1. The molecule has 2 unspecified atom stereocenters. The number of allylic oxidation sites excluding steroid dienone is 1. The highest BCUT2D eigenvalue weighted by Gasteiger charge is 2.23. The average molecular weight is 250 g/mol. The van der Waals surface area contributed by atoms with E-state index in [4.69, 9.17) is 17.3 Å². The van der Waals surface area contributed by atoms with Gasteiger partial charge < -0.3 is 5.73 Å². The zero-order valence-electron chi connectivity index (χ0n) is 9.82. The minimum absolute atomic E-state index is 0.0254. The summed E-state index contributed by atoms with van der Waals surface area (Å²) in [6.45, 7) is 1.98. The van der Waals surface area contributed by atoms with Crippen molar-refractivity contribution in [2.75, 3.05) is 0 Å². The van der Waals surface area contributed by atoms with Gasteiger partial charge in [-0.1, -0.05) is 35.9 Å². The van der Waals surface area contributed by atoms with Crippen LogP contribution in [-0.2, 0) is 11.2 Å². The number of carbonyl (C=O) groups is 1. The summed E-state index contributed by atoms with van der Waals surface area (Å²) in [5.74, 6) is 0.155. The molecule has 0 saturated carbocycles. The van der Waals surface area contributed by atoms with Crippen molar-refractivity contribution in [1.82, 2.24) is 0 Å². The Bertz CT molecular complexity index is 467. The normalized spacial score (nSPS) is 23.0. The largest absolute Gasteiger partial charge is 0.324 e. The van der Waals surface area contributed by atoms with E-state index in [0.29, 0.717) is 11.4 Å². The summed E-state index contributed by atoms with van der Waals surface area (Å²) in [4.78, 5) is 12.0. The van der Waals surface area contributed by atoms with Crippen molar-refractivity contribution >= 4 is 17.4 Å². The molecule has 90 valence electrons. The molecule has 2 nitrogen and oxygen atoms in total. The van der Waals surface area contributed by atoms with Gasteiger partial charge in [-0.25, -0.2) is 0 Å². The van der Waals surface area contributed by atoms with E-state index in [-0.39, 0.29) is 17.7 Å². The SMILES string of the molecule is Cc1ccc(CC(=O)C2C=CC(N)C2)c(Cl)c1. The standard InChI is InChI=1S/C14H16ClNO/c1-9-2-3-10(13(15)6-9)8-14(17)11-4-5-12(16)7-11/h2-6,11-12H,7-8,16H2,1H3.